The Labute approximate surface area is 226 Å². The molecule has 1 atom stereocenters. The van der Waals surface area contributed by atoms with E-state index in [1.54, 1.807) is 18.2 Å². The van der Waals surface area contributed by atoms with Gasteiger partial charge in [-0.05, 0) is 43.5 Å². The lowest BCUT2D eigenvalue weighted by atomic mass is 10.0. The van der Waals surface area contributed by atoms with Gasteiger partial charge in [0, 0.05) is 31.4 Å². The van der Waals surface area contributed by atoms with Gasteiger partial charge in [-0.15, -0.1) is 0 Å². The van der Waals surface area contributed by atoms with Gasteiger partial charge in [-0.3, -0.25) is 9.59 Å². The van der Waals surface area contributed by atoms with Crippen molar-refractivity contribution in [2.45, 2.75) is 25.3 Å². The van der Waals surface area contributed by atoms with E-state index < -0.39 is 11.6 Å². The molecule has 0 saturated carbocycles. The maximum atomic E-state index is 15.1. The SMILES string of the molecule is O=C(c1ccc(Oc2ccccc2)cc1F)c1c[nH]c2ncnc(NC3CCCCN(C(=O)CI)C3)c12. The van der Waals surface area contributed by atoms with Gasteiger partial charge < -0.3 is 19.9 Å². The van der Waals surface area contributed by atoms with Crippen LogP contribution in [0.3, 0.4) is 0 Å². The van der Waals surface area contributed by atoms with Gasteiger partial charge in [0.1, 0.15) is 35.1 Å². The molecule has 0 aliphatic carbocycles. The minimum atomic E-state index is -0.684. The number of hydrogen-bond donors (Lipinski definition) is 2. The van der Waals surface area contributed by atoms with Gasteiger partial charge in [0.15, 0.2) is 5.78 Å². The lowest BCUT2D eigenvalue weighted by molar-refractivity contribution is -0.128. The van der Waals surface area contributed by atoms with E-state index in [-0.39, 0.29) is 23.1 Å². The van der Waals surface area contributed by atoms with Gasteiger partial charge >= 0.3 is 0 Å². The molecule has 1 fully saturated rings. The van der Waals surface area contributed by atoms with E-state index in [2.05, 4.69) is 42.9 Å². The molecule has 4 aromatic rings. The van der Waals surface area contributed by atoms with Crippen LogP contribution in [-0.4, -0.2) is 55.1 Å². The molecule has 0 spiro atoms. The zero-order valence-electron chi connectivity index (χ0n) is 19.9. The molecule has 1 aliphatic rings. The van der Waals surface area contributed by atoms with Gasteiger partial charge in [0.2, 0.25) is 5.91 Å². The summed E-state index contributed by atoms with van der Waals surface area (Å²) >= 11 is 2.08. The minimum Gasteiger partial charge on any atom is -0.457 e. The van der Waals surface area contributed by atoms with Gasteiger partial charge in [0.05, 0.1) is 20.9 Å². The molecular weight excluding hydrogens is 588 g/mol. The summed E-state index contributed by atoms with van der Waals surface area (Å²) in [6.07, 6.45) is 5.72. The van der Waals surface area contributed by atoms with Gasteiger partial charge in [-0.1, -0.05) is 40.8 Å². The fourth-order valence-corrected chi connectivity index (χ4v) is 5.01. The fourth-order valence-electron chi connectivity index (χ4n) is 4.53. The Kier molecular flexibility index (Phi) is 7.63. The number of benzene rings is 2. The number of likely N-dealkylation sites (tertiary alicyclic amines) is 1. The average Bonchev–Trinajstić information content (AvgIpc) is 3.22. The Morgan fingerprint density at radius 1 is 1.11 bits per heavy atom. The Balaban J connectivity index is 1.41. The van der Waals surface area contributed by atoms with Gasteiger partial charge in [-0.25, -0.2) is 14.4 Å². The van der Waals surface area contributed by atoms with E-state index in [1.165, 1.54) is 24.7 Å². The number of aromatic nitrogens is 3. The monoisotopic (exact) mass is 613 g/mol. The summed E-state index contributed by atoms with van der Waals surface area (Å²) in [5.41, 5.74) is 0.658. The van der Waals surface area contributed by atoms with E-state index in [1.807, 2.05) is 23.1 Å². The zero-order chi connectivity index (χ0) is 25.8. The Morgan fingerprint density at radius 3 is 2.73 bits per heavy atom. The molecule has 5 rings (SSSR count). The van der Waals surface area contributed by atoms with Crippen LogP contribution in [0.25, 0.3) is 11.0 Å². The van der Waals surface area contributed by atoms with E-state index in [4.69, 9.17) is 4.74 Å². The van der Waals surface area contributed by atoms with Crippen LogP contribution in [0.1, 0.15) is 35.2 Å². The molecule has 1 aliphatic heterocycles. The number of amides is 1. The van der Waals surface area contributed by atoms with Crippen molar-refractivity contribution in [3.8, 4) is 11.5 Å². The predicted octanol–water partition coefficient (Wildman–Crippen LogP) is 5.35. The number of hydrogen-bond acceptors (Lipinski definition) is 6. The van der Waals surface area contributed by atoms with Gasteiger partial charge in [-0.2, -0.15) is 0 Å². The predicted molar refractivity (Wildman–Crippen MR) is 147 cm³/mol. The molecule has 2 aromatic carbocycles. The molecular formula is C27H25FIN5O3. The van der Waals surface area contributed by atoms with Crippen LogP contribution >= 0.6 is 22.6 Å². The summed E-state index contributed by atoms with van der Waals surface area (Å²) in [5.74, 6) is 0.278. The van der Waals surface area contributed by atoms with Crippen molar-refractivity contribution < 1.29 is 18.7 Å². The molecule has 8 nitrogen and oxygen atoms in total. The van der Waals surface area contributed by atoms with Crippen molar-refractivity contribution in [3.05, 3.63) is 78.0 Å². The van der Waals surface area contributed by atoms with Crippen molar-refractivity contribution in [2.75, 3.05) is 22.8 Å². The molecule has 1 saturated heterocycles. The normalized spacial score (nSPS) is 15.8. The van der Waals surface area contributed by atoms with Crippen molar-refractivity contribution in [3.63, 3.8) is 0 Å². The molecule has 37 heavy (non-hydrogen) atoms. The molecule has 1 unspecified atom stereocenters. The van der Waals surface area contributed by atoms with E-state index >= 15 is 4.39 Å². The third kappa shape index (κ3) is 5.58. The average molecular weight is 613 g/mol. The minimum absolute atomic E-state index is 0.0310. The van der Waals surface area contributed by atoms with Crippen LogP contribution in [0.15, 0.2) is 61.1 Å². The summed E-state index contributed by atoms with van der Waals surface area (Å²) in [6.45, 7) is 1.29. The lowest BCUT2D eigenvalue weighted by Gasteiger charge is -2.25. The number of ether oxygens (including phenoxy) is 1. The number of H-pyrrole nitrogens is 1. The standard InChI is InChI=1S/C27H25FIN5O3/c28-22-12-19(37-18-7-2-1-3-8-18)9-10-20(22)25(36)21-14-30-26-24(21)27(32-16-31-26)33-17-6-4-5-11-34(15-17)23(35)13-29/h1-3,7-10,12,14,16-17H,4-6,11,13,15H2,(H2,30,31,32,33). The first-order valence-electron chi connectivity index (χ1n) is 12.0. The summed E-state index contributed by atoms with van der Waals surface area (Å²) in [7, 11) is 0. The smallest absolute Gasteiger partial charge is 0.232 e. The maximum Gasteiger partial charge on any atom is 0.232 e. The number of alkyl halides is 1. The second-order valence-corrected chi connectivity index (χ2v) is 9.61. The second-order valence-electron chi connectivity index (χ2n) is 8.84. The molecule has 1 amide bonds. The van der Waals surface area contributed by atoms with Crippen LogP contribution in [0.2, 0.25) is 0 Å². The number of ketones is 1. The number of carbonyl (C=O) groups is 2. The van der Waals surface area contributed by atoms with E-state index in [9.17, 15) is 9.59 Å². The summed E-state index contributed by atoms with van der Waals surface area (Å²) in [6, 6.07) is 13.2. The summed E-state index contributed by atoms with van der Waals surface area (Å²) in [4.78, 5) is 39.3. The highest BCUT2D eigenvalue weighted by Gasteiger charge is 2.25. The molecule has 0 radical (unpaired) electrons. The molecule has 3 heterocycles. The number of nitrogens with zero attached hydrogens (tertiary/aromatic N) is 3. The topological polar surface area (TPSA) is 100 Å². The van der Waals surface area contributed by atoms with E-state index in [0.29, 0.717) is 39.3 Å². The third-order valence-electron chi connectivity index (χ3n) is 6.36. The fraction of sp³-hybridized carbons (Fsp3) is 0.259. The van der Waals surface area contributed by atoms with Crippen molar-refractivity contribution >= 4 is 51.1 Å². The van der Waals surface area contributed by atoms with Crippen molar-refractivity contribution in [1.29, 1.82) is 0 Å². The van der Waals surface area contributed by atoms with Crippen LogP contribution in [0.5, 0.6) is 11.5 Å². The highest BCUT2D eigenvalue weighted by atomic mass is 127. The first-order valence-corrected chi connectivity index (χ1v) is 13.6. The van der Waals surface area contributed by atoms with Crippen LogP contribution < -0.4 is 10.1 Å². The van der Waals surface area contributed by atoms with Crippen molar-refractivity contribution in [2.24, 2.45) is 0 Å². The third-order valence-corrected chi connectivity index (χ3v) is 7.01. The number of carbonyl (C=O) groups excluding carboxylic acids is 2. The first kappa shape index (κ1) is 25.1. The number of anilines is 1. The Morgan fingerprint density at radius 2 is 1.95 bits per heavy atom. The molecule has 190 valence electrons. The highest BCUT2D eigenvalue weighted by molar-refractivity contribution is 14.1. The quantitative estimate of drug-likeness (QED) is 0.166. The summed E-state index contributed by atoms with van der Waals surface area (Å²) < 4.78 is 21.2. The molecule has 0 bridgehead atoms. The number of nitrogens with one attached hydrogen (secondary N) is 2. The zero-order valence-corrected chi connectivity index (χ0v) is 22.1. The van der Waals surface area contributed by atoms with Crippen LogP contribution in [0, 0.1) is 5.82 Å². The largest absolute Gasteiger partial charge is 0.457 e. The molecule has 2 aromatic heterocycles. The Hall–Kier alpha value is -3.54. The van der Waals surface area contributed by atoms with E-state index in [0.717, 1.165) is 25.8 Å². The Bertz CT molecular complexity index is 1430. The highest BCUT2D eigenvalue weighted by Crippen LogP contribution is 2.29. The maximum absolute atomic E-state index is 15.1. The molecule has 10 heteroatoms. The second kappa shape index (κ2) is 11.2. The number of halogens is 2. The summed E-state index contributed by atoms with van der Waals surface area (Å²) in [5, 5.41) is 3.92. The lowest BCUT2D eigenvalue weighted by Crippen LogP contribution is -2.39. The first-order chi connectivity index (χ1) is 18.0. The molecule has 2 N–H and O–H groups in total. The van der Waals surface area contributed by atoms with Crippen molar-refractivity contribution in [1.82, 2.24) is 19.9 Å². The van der Waals surface area contributed by atoms with Gasteiger partial charge in [0.25, 0.3) is 0 Å². The number of aromatic amines is 1. The van der Waals surface area contributed by atoms with Crippen LogP contribution in [0.4, 0.5) is 10.2 Å². The van der Waals surface area contributed by atoms with Crippen LogP contribution in [-0.2, 0) is 4.79 Å². The number of para-hydroxylation sites is 1. The number of fused-ring (bicyclic) bond motifs is 1. The number of rotatable bonds is 7.